The number of hydrogen-bond donors (Lipinski definition) is 2. The van der Waals surface area contributed by atoms with Crippen LogP contribution in [0.4, 0.5) is 5.82 Å². The molecule has 0 fully saturated rings. The molecule has 0 amide bonds. The van der Waals surface area contributed by atoms with Crippen LogP contribution in [-0.4, -0.2) is 9.67 Å². The SMILES string of the molecule is CCCCc1ccc(-c2c(O)c(-c3cccc4ccccc34)n(C)c2N)cc1CCCC. The maximum atomic E-state index is 11.4. The Morgan fingerprint density at radius 2 is 1.53 bits per heavy atom. The first-order valence-corrected chi connectivity index (χ1v) is 11.8. The molecule has 4 aromatic rings. The Hall–Kier alpha value is -3.20. The summed E-state index contributed by atoms with van der Waals surface area (Å²) < 4.78 is 1.92. The molecule has 0 aliphatic rings. The van der Waals surface area contributed by atoms with E-state index in [1.54, 1.807) is 0 Å². The van der Waals surface area contributed by atoms with Crippen molar-refractivity contribution in [3.63, 3.8) is 0 Å². The molecular formula is C29H34N2O. The predicted octanol–water partition coefficient (Wildman–Crippen LogP) is 7.49. The number of nitrogens with two attached hydrogens (primary N) is 1. The van der Waals surface area contributed by atoms with Gasteiger partial charge in [-0.2, -0.15) is 0 Å². The van der Waals surface area contributed by atoms with E-state index in [9.17, 15) is 5.11 Å². The number of aromatic nitrogens is 1. The van der Waals surface area contributed by atoms with E-state index in [2.05, 4.69) is 56.3 Å². The van der Waals surface area contributed by atoms with Crippen LogP contribution in [-0.2, 0) is 19.9 Å². The Morgan fingerprint density at radius 3 is 2.28 bits per heavy atom. The van der Waals surface area contributed by atoms with Gasteiger partial charge in [0.15, 0.2) is 5.75 Å². The molecule has 0 spiro atoms. The smallest absolute Gasteiger partial charge is 0.151 e. The minimum Gasteiger partial charge on any atom is -0.505 e. The minimum absolute atomic E-state index is 0.254. The highest BCUT2D eigenvalue weighted by Gasteiger charge is 2.23. The van der Waals surface area contributed by atoms with E-state index >= 15 is 0 Å². The fraction of sp³-hybridized carbons (Fsp3) is 0.310. The van der Waals surface area contributed by atoms with Gasteiger partial charge in [0.25, 0.3) is 0 Å². The number of nitrogens with zero attached hydrogens (tertiary/aromatic N) is 1. The molecule has 3 aromatic carbocycles. The molecule has 166 valence electrons. The molecule has 0 radical (unpaired) electrons. The number of rotatable bonds is 8. The van der Waals surface area contributed by atoms with Crippen LogP contribution in [0.5, 0.6) is 5.75 Å². The maximum absolute atomic E-state index is 11.4. The monoisotopic (exact) mass is 426 g/mol. The predicted molar refractivity (Wildman–Crippen MR) is 137 cm³/mol. The molecule has 0 bridgehead atoms. The zero-order chi connectivity index (χ0) is 22.7. The van der Waals surface area contributed by atoms with Gasteiger partial charge in [-0.3, -0.25) is 0 Å². The van der Waals surface area contributed by atoms with Crippen LogP contribution in [0.2, 0.25) is 0 Å². The largest absolute Gasteiger partial charge is 0.505 e. The van der Waals surface area contributed by atoms with Gasteiger partial charge >= 0.3 is 0 Å². The topological polar surface area (TPSA) is 51.2 Å². The highest BCUT2D eigenvalue weighted by atomic mass is 16.3. The van der Waals surface area contributed by atoms with Gasteiger partial charge in [-0.1, -0.05) is 87.4 Å². The van der Waals surface area contributed by atoms with Gasteiger partial charge in [-0.25, -0.2) is 0 Å². The van der Waals surface area contributed by atoms with Crippen LogP contribution in [0.3, 0.4) is 0 Å². The fourth-order valence-corrected chi connectivity index (χ4v) is 4.70. The van der Waals surface area contributed by atoms with Crippen molar-refractivity contribution in [3.05, 3.63) is 71.8 Å². The Labute approximate surface area is 191 Å². The van der Waals surface area contributed by atoms with Crippen molar-refractivity contribution >= 4 is 16.6 Å². The van der Waals surface area contributed by atoms with Crippen molar-refractivity contribution in [1.82, 2.24) is 4.57 Å². The van der Waals surface area contributed by atoms with E-state index in [4.69, 9.17) is 5.73 Å². The number of nitrogen functional groups attached to an aromatic ring is 1. The number of hydrogen-bond acceptors (Lipinski definition) is 2. The van der Waals surface area contributed by atoms with Gasteiger partial charge < -0.3 is 15.4 Å². The molecular weight excluding hydrogens is 392 g/mol. The van der Waals surface area contributed by atoms with Crippen LogP contribution in [0.1, 0.15) is 50.7 Å². The lowest BCUT2D eigenvalue weighted by atomic mass is 9.93. The first-order chi connectivity index (χ1) is 15.6. The molecule has 3 heteroatoms. The summed E-state index contributed by atoms with van der Waals surface area (Å²) in [6, 6.07) is 21.1. The third kappa shape index (κ3) is 4.00. The minimum atomic E-state index is 0.254. The summed E-state index contributed by atoms with van der Waals surface area (Å²) in [5.41, 5.74) is 12.9. The summed E-state index contributed by atoms with van der Waals surface area (Å²) in [6.07, 6.45) is 6.89. The van der Waals surface area contributed by atoms with Crippen LogP contribution >= 0.6 is 0 Å². The lowest BCUT2D eigenvalue weighted by Crippen LogP contribution is -2.00. The van der Waals surface area contributed by atoms with Crippen LogP contribution in [0, 0.1) is 0 Å². The number of benzene rings is 3. The van der Waals surface area contributed by atoms with Gasteiger partial charge in [0.1, 0.15) is 5.82 Å². The Morgan fingerprint density at radius 1 is 0.844 bits per heavy atom. The van der Waals surface area contributed by atoms with Gasteiger partial charge in [-0.15, -0.1) is 0 Å². The quantitative estimate of drug-likeness (QED) is 0.307. The second-order valence-corrected chi connectivity index (χ2v) is 8.73. The average molecular weight is 427 g/mol. The lowest BCUT2D eigenvalue weighted by molar-refractivity contribution is 0.479. The number of aromatic hydroxyl groups is 1. The van der Waals surface area contributed by atoms with Crippen molar-refractivity contribution in [2.75, 3.05) is 5.73 Å². The summed E-state index contributed by atoms with van der Waals surface area (Å²) in [4.78, 5) is 0. The Kier molecular flexibility index (Phi) is 6.55. The van der Waals surface area contributed by atoms with Crippen LogP contribution < -0.4 is 5.73 Å². The molecule has 3 N–H and O–H groups in total. The second-order valence-electron chi connectivity index (χ2n) is 8.73. The molecule has 32 heavy (non-hydrogen) atoms. The first-order valence-electron chi connectivity index (χ1n) is 11.8. The van der Waals surface area contributed by atoms with E-state index in [1.807, 2.05) is 29.8 Å². The highest BCUT2D eigenvalue weighted by molar-refractivity contribution is 6.00. The highest BCUT2D eigenvalue weighted by Crippen LogP contribution is 2.46. The molecule has 0 saturated carbocycles. The number of anilines is 1. The molecule has 0 saturated heterocycles. The summed E-state index contributed by atoms with van der Waals surface area (Å²) in [6.45, 7) is 4.46. The zero-order valence-electron chi connectivity index (χ0n) is 19.5. The number of fused-ring (bicyclic) bond motifs is 1. The molecule has 0 unspecified atom stereocenters. The van der Waals surface area contributed by atoms with Crippen LogP contribution in [0.15, 0.2) is 60.7 Å². The maximum Gasteiger partial charge on any atom is 0.151 e. The van der Waals surface area contributed by atoms with Gasteiger partial charge in [-0.05, 0) is 53.1 Å². The molecule has 0 atom stereocenters. The van der Waals surface area contributed by atoms with Crippen molar-refractivity contribution in [1.29, 1.82) is 0 Å². The first kappa shape index (κ1) is 22.0. The van der Waals surface area contributed by atoms with Crippen LogP contribution in [0.25, 0.3) is 33.2 Å². The van der Waals surface area contributed by atoms with E-state index < -0.39 is 0 Å². The summed E-state index contributed by atoms with van der Waals surface area (Å²) in [7, 11) is 1.93. The third-order valence-corrected chi connectivity index (χ3v) is 6.55. The molecule has 0 aliphatic carbocycles. The zero-order valence-corrected chi connectivity index (χ0v) is 19.5. The van der Waals surface area contributed by atoms with E-state index in [1.165, 1.54) is 36.8 Å². The third-order valence-electron chi connectivity index (χ3n) is 6.55. The van der Waals surface area contributed by atoms with Crippen molar-refractivity contribution < 1.29 is 5.11 Å². The van der Waals surface area contributed by atoms with E-state index in [-0.39, 0.29) is 5.75 Å². The number of unbranched alkanes of at least 4 members (excludes halogenated alkanes) is 2. The molecule has 4 rings (SSSR count). The summed E-state index contributed by atoms with van der Waals surface area (Å²) >= 11 is 0. The normalized spacial score (nSPS) is 11.3. The standard InChI is InChI=1S/C29H34N2O/c1-4-6-11-20-17-18-23(19-22(20)12-7-5-2)26-28(32)27(31(3)29(26)30)25-16-10-14-21-13-8-9-15-24(21)25/h8-10,13-19,32H,4-7,11-12,30H2,1-3H3. The van der Waals surface area contributed by atoms with Crippen molar-refractivity contribution in [3.8, 4) is 28.1 Å². The fourth-order valence-electron chi connectivity index (χ4n) is 4.70. The second kappa shape index (κ2) is 9.52. The van der Waals surface area contributed by atoms with Gasteiger partial charge in [0.2, 0.25) is 0 Å². The Balaban J connectivity index is 1.85. The van der Waals surface area contributed by atoms with E-state index in [0.29, 0.717) is 5.82 Å². The summed E-state index contributed by atoms with van der Waals surface area (Å²) in [5, 5.41) is 13.7. The molecule has 0 aliphatic heterocycles. The van der Waals surface area contributed by atoms with E-state index in [0.717, 1.165) is 46.0 Å². The Bertz CT molecular complexity index is 1230. The van der Waals surface area contributed by atoms with Gasteiger partial charge in [0, 0.05) is 12.6 Å². The molecule has 3 nitrogen and oxygen atoms in total. The average Bonchev–Trinajstić information content (AvgIpc) is 3.04. The number of aryl methyl sites for hydroxylation is 2. The summed E-state index contributed by atoms with van der Waals surface area (Å²) in [5.74, 6) is 0.845. The lowest BCUT2D eigenvalue weighted by Gasteiger charge is -2.12. The van der Waals surface area contributed by atoms with Crippen molar-refractivity contribution in [2.24, 2.45) is 7.05 Å². The molecule has 1 aromatic heterocycles. The van der Waals surface area contributed by atoms with Crippen molar-refractivity contribution in [2.45, 2.75) is 52.4 Å². The van der Waals surface area contributed by atoms with Gasteiger partial charge in [0.05, 0.1) is 11.3 Å². The molecule has 1 heterocycles.